The Kier molecular flexibility index (Phi) is 5.70. The van der Waals surface area contributed by atoms with Gasteiger partial charge in [-0.05, 0) is 25.0 Å². The third-order valence-corrected chi connectivity index (χ3v) is 8.10. The van der Waals surface area contributed by atoms with Crippen molar-refractivity contribution in [3.05, 3.63) is 24.2 Å². The summed E-state index contributed by atoms with van der Waals surface area (Å²) in [7, 11) is -6.20. The summed E-state index contributed by atoms with van der Waals surface area (Å²) in [5.41, 5.74) is 3.08. The van der Waals surface area contributed by atoms with E-state index in [2.05, 4.69) is 10.7 Å². The number of hydrazine groups is 1. The van der Waals surface area contributed by atoms with Crippen molar-refractivity contribution in [3.63, 3.8) is 0 Å². The number of carbonyl (C=O) groups is 1. The SMILES string of the molecule is O=C(CN(NC1CCS(=O)(=O)C1)C1CCS(=O)(=O)C1)NCc1ccco1. The van der Waals surface area contributed by atoms with Gasteiger partial charge in [0.2, 0.25) is 5.91 Å². The second-order valence-electron chi connectivity index (χ2n) is 6.77. The van der Waals surface area contributed by atoms with Crippen molar-refractivity contribution in [2.45, 2.75) is 31.5 Å². The van der Waals surface area contributed by atoms with E-state index in [9.17, 15) is 21.6 Å². The Labute approximate surface area is 152 Å². The zero-order valence-corrected chi connectivity index (χ0v) is 15.9. The van der Waals surface area contributed by atoms with Crippen LogP contribution < -0.4 is 10.7 Å². The Hall–Kier alpha value is -1.43. The molecule has 3 rings (SSSR count). The number of nitrogens with zero attached hydrogens (tertiary/aromatic N) is 1. The molecule has 0 saturated carbocycles. The average Bonchev–Trinajstić information content (AvgIpc) is 3.25. The van der Waals surface area contributed by atoms with E-state index in [0.717, 1.165) is 0 Å². The second-order valence-corrected chi connectivity index (χ2v) is 11.2. The molecule has 146 valence electrons. The molecule has 11 heteroatoms. The van der Waals surface area contributed by atoms with Crippen molar-refractivity contribution in [2.24, 2.45) is 0 Å². The molecule has 2 atom stereocenters. The molecular weight excluding hydrogens is 382 g/mol. The minimum atomic E-state index is -3.13. The Morgan fingerprint density at radius 3 is 2.46 bits per heavy atom. The second kappa shape index (κ2) is 7.67. The highest BCUT2D eigenvalue weighted by Gasteiger charge is 2.36. The summed E-state index contributed by atoms with van der Waals surface area (Å²) in [6, 6.07) is 2.81. The van der Waals surface area contributed by atoms with Gasteiger partial charge in [-0.1, -0.05) is 0 Å². The molecule has 9 nitrogen and oxygen atoms in total. The molecule has 1 aromatic rings. The maximum Gasteiger partial charge on any atom is 0.236 e. The minimum Gasteiger partial charge on any atom is -0.467 e. The van der Waals surface area contributed by atoms with Crippen LogP contribution >= 0.6 is 0 Å². The molecule has 0 aliphatic carbocycles. The van der Waals surface area contributed by atoms with E-state index in [4.69, 9.17) is 4.42 Å². The summed E-state index contributed by atoms with van der Waals surface area (Å²) in [5, 5.41) is 4.31. The van der Waals surface area contributed by atoms with E-state index in [1.165, 1.54) is 6.26 Å². The Morgan fingerprint density at radius 2 is 1.88 bits per heavy atom. The van der Waals surface area contributed by atoms with Crippen LogP contribution in [-0.4, -0.2) is 69.4 Å². The fourth-order valence-electron chi connectivity index (χ4n) is 3.24. The van der Waals surface area contributed by atoms with Crippen LogP contribution in [0, 0.1) is 0 Å². The van der Waals surface area contributed by atoms with Crippen LogP contribution in [0.15, 0.2) is 22.8 Å². The first kappa shape index (κ1) is 19.3. The number of furan rings is 1. The van der Waals surface area contributed by atoms with Gasteiger partial charge in [-0.2, -0.15) is 0 Å². The fourth-order valence-corrected chi connectivity index (χ4v) is 6.64. The van der Waals surface area contributed by atoms with Crippen LogP contribution in [0.5, 0.6) is 0 Å². The first-order chi connectivity index (χ1) is 12.2. The van der Waals surface area contributed by atoms with Crippen molar-refractivity contribution < 1.29 is 26.0 Å². The zero-order chi connectivity index (χ0) is 18.8. The summed E-state index contributed by atoms with van der Waals surface area (Å²) in [5.74, 6) is 0.461. The standard InChI is InChI=1S/C15H23N3O6S2/c19-15(16-8-14-2-1-5-24-14)9-18(13-4-7-26(22,23)11-13)17-12-3-6-25(20,21)10-12/h1-2,5,12-13,17H,3-4,6-11H2,(H,16,19). The predicted molar refractivity (Wildman–Crippen MR) is 94.5 cm³/mol. The van der Waals surface area contributed by atoms with Gasteiger partial charge in [0.05, 0.1) is 42.4 Å². The number of hydrogen-bond donors (Lipinski definition) is 2. The molecule has 1 amide bonds. The molecule has 1 aromatic heterocycles. The lowest BCUT2D eigenvalue weighted by atomic mass is 10.2. The van der Waals surface area contributed by atoms with Gasteiger partial charge >= 0.3 is 0 Å². The van der Waals surface area contributed by atoms with Gasteiger partial charge in [0, 0.05) is 12.1 Å². The summed E-state index contributed by atoms with van der Waals surface area (Å²) < 4.78 is 52.1. The average molecular weight is 405 g/mol. The van der Waals surface area contributed by atoms with Gasteiger partial charge < -0.3 is 9.73 Å². The highest BCUT2D eigenvalue weighted by molar-refractivity contribution is 7.91. The molecule has 0 aromatic carbocycles. The van der Waals surface area contributed by atoms with Crippen molar-refractivity contribution in [2.75, 3.05) is 29.6 Å². The largest absolute Gasteiger partial charge is 0.467 e. The number of sulfone groups is 2. The molecule has 2 N–H and O–H groups in total. The van der Waals surface area contributed by atoms with Gasteiger partial charge in [-0.15, -0.1) is 0 Å². The van der Waals surface area contributed by atoms with Crippen molar-refractivity contribution in [1.82, 2.24) is 15.8 Å². The maximum absolute atomic E-state index is 12.3. The molecule has 26 heavy (non-hydrogen) atoms. The topological polar surface area (TPSA) is 126 Å². The van der Waals surface area contributed by atoms with Crippen LogP contribution in [0.2, 0.25) is 0 Å². The third kappa shape index (κ3) is 5.29. The highest BCUT2D eigenvalue weighted by atomic mass is 32.2. The van der Waals surface area contributed by atoms with E-state index in [-0.39, 0.29) is 54.1 Å². The fraction of sp³-hybridized carbons (Fsp3) is 0.667. The van der Waals surface area contributed by atoms with Crippen LogP contribution in [-0.2, 0) is 31.0 Å². The summed E-state index contributed by atoms with van der Waals surface area (Å²) >= 11 is 0. The van der Waals surface area contributed by atoms with Crippen LogP contribution in [0.3, 0.4) is 0 Å². The van der Waals surface area contributed by atoms with Gasteiger partial charge in [0.1, 0.15) is 5.76 Å². The lowest BCUT2D eigenvalue weighted by molar-refractivity contribution is -0.124. The minimum absolute atomic E-state index is 0.00299. The summed E-state index contributed by atoms with van der Waals surface area (Å²) in [4.78, 5) is 12.3. The monoisotopic (exact) mass is 405 g/mol. The van der Waals surface area contributed by atoms with E-state index < -0.39 is 19.7 Å². The number of hydrogen-bond acceptors (Lipinski definition) is 8. The maximum atomic E-state index is 12.3. The van der Waals surface area contributed by atoms with Gasteiger partial charge in [0.15, 0.2) is 19.7 Å². The normalized spacial score (nSPS) is 27.0. The van der Waals surface area contributed by atoms with E-state index in [0.29, 0.717) is 18.6 Å². The van der Waals surface area contributed by atoms with Crippen molar-refractivity contribution in [3.8, 4) is 0 Å². The van der Waals surface area contributed by atoms with E-state index in [1.54, 1.807) is 17.1 Å². The summed E-state index contributed by atoms with van der Waals surface area (Å²) in [6.45, 7) is 0.178. The lowest BCUT2D eigenvalue weighted by Gasteiger charge is -2.30. The summed E-state index contributed by atoms with van der Waals surface area (Å²) in [6.07, 6.45) is 2.38. The molecule has 0 radical (unpaired) electrons. The van der Waals surface area contributed by atoms with Crippen LogP contribution in [0.25, 0.3) is 0 Å². The molecule has 2 aliphatic heterocycles. The molecule has 3 heterocycles. The lowest BCUT2D eigenvalue weighted by Crippen LogP contribution is -2.54. The molecule has 2 fully saturated rings. The quantitative estimate of drug-likeness (QED) is 0.558. The zero-order valence-electron chi connectivity index (χ0n) is 14.3. The highest BCUT2D eigenvalue weighted by Crippen LogP contribution is 2.19. The molecule has 0 bridgehead atoms. The first-order valence-corrected chi connectivity index (χ1v) is 12.1. The third-order valence-electron chi connectivity index (χ3n) is 4.58. The molecule has 0 spiro atoms. The first-order valence-electron chi connectivity index (χ1n) is 8.45. The predicted octanol–water partition coefficient (Wildman–Crippen LogP) is -0.923. The van der Waals surface area contributed by atoms with Gasteiger partial charge in [-0.3, -0.25) is 10.2 Å². The molecular formula is C15H23N3O6S2. The van der Waals surface area contributed by atoms with Crippen molar-refractivity contribution in [1.29, 1.82) is 0 Å². The Balaban J connectivity index is 1.61. The number of amides is 1. The smallest absolute Gasteiger partial charge is 0.236 e. The molecule has 2 aliphatic rings. The molecule has 2 saturated heterocycles. The number of nitrogens with one attached hydrogen (secondary N) is 2. The Bertz CT molecular complexity index is 835. The van der Waals surface area contributed by atoms with Crippen molar-refractivity contribution >= 4 is 25.6 Å². The Morgan fingerprint density at radius 1 is 1.15 bits per heavy atom. The van der Waals surface area contributed by atoms with E-state index in [1.807, 2.05) is 0 Å². The number of rotatable bonds is 7. The molecule has 2 unspecified atom stereocenters. The van der Waals surface area contributed by atoms with Crippen LogP contribution in [0.4, 0.5) is 0 Å². The van der Waals surface area contributed by atoms with Gasteiger partial charge in [0.25, 0.3) is 0 Å². The van der Waals surface area contributed by atoms with Crippen LogP contribution in [0.1, 0.15) is 18.6 Å². The van der Waals surface area contributed by atoms with Gasteiger partial charge in [-0.25, -0.2) is 21.8 Å². The van der Waals surface area contributed by atoms with E-state index >= 15 is 0 Å². The number of carbonyl (C=O) groups excluding carboxylic acids is 1.